The minimum atomic E-state index is -0.496. The normalized spacial score (nSPS) is 12.4. The first-order valence-corrected chi connectivity index (χ1v) is 9.76. The van der Waals surface area contributed by atoms with Crippen LogP contribution in [0.5, 0.6) is 5.75 Å². The van der Waals surface area contributed by atoms with Crippen LogP contribution in [-0.4, -0.2) is 22.7 Å². The lowest BCUT2D eigenvalue weighted by Crippen LogP contribution is -2.39. The maximum Gasteiger partial charge on any atom is 0.258 e. The van der Waals surface area contributed by atoms with E-state index in [2.05, 4.69) is 15.5 Å². The van der Waals surface area contributed by atoms with Crippen molar-refractivity contribution in [3.8, 4) is 17.1 Å². The Morgan fingerprint density at radius 3 is 2.55 bits per heavy atom. The second kappa shape index (κ2) is 8.84. The lowest BCUT2D eigenvalue weighted by molar-refractivity contribution is -0.124. The van der Waals surface area contributed by atoms with Crippen LogP contribution in [0, 0.1) is 5.41 Å². The van der Waals surface area contributed by atoms with Crippen molar-refractivity contribution in [1.29, 1.82) is 0 Å². The van der Waals surface area contributed by atoms with E-state index >= 15 is 0 Å². The van der Waals surface area contributed by atoms with Gasteiger partial charge in [0.05, 0.1) is 5.02 Å². The van der Waals surface area contributed by atoms with Gasteiger partial charge in [0.2, 0.25) is 11.7 Å². The van der Waals surface area contributed by atoms with E-state index in [4.69, 9.17) is 32.5 Å². The summed E-state index contributed by atoms with van der Waals surface area (Å²) in [5.74, 6) is 0.834. The molecule has 0 fully saturated rings. The highest BCUT2D eigenvalue weighted by molar-refractivity contribution is 6.35. The zero-order chi connectivity index (χ0) is 21.0. The number of nitrogens with zero attached hydrogens (tertiary/aromatic N) is 2. The summed E-state index contributed by atoms with van der Waals surface area (Å²) in [6.45, 7) is 5.71. The summed E-state index contributed by atoms with van der Waals surface area (Å²) in [6, 6.07) is 13.8. The number of carbonyl (C=O) groups is 1. The van der Waals surface area contributed by atoms with Gasteiger partial charge in [0, 0.05) is 10.6 Å². The van der Waals surface area contributed by atoms with Crippen LogP contribution in [0.1, 0.15) is 32.7 Å². The summed E-state index contributed by atoms with van der Waals surface area (Å²) in [5, 5.41) is 7.78. The van der Waals surface area contributed by atoms with Gasteiger partial charge in [-0.15, -0.1) is 0 Å². The highest BCUT2D eigenvalue weighted by Gasteiger charge is 2.33. The molecule has 1 aromatic heterocycles. The number of hydrogen-bond acceptors (Lipinski definition) is 5. The Labute approximate surface area is 179 Å². The van der Waals surface area contributed by atoms with E-state index in [1.165, 1.54) is 0 Å². The molecule has 3 rings (SSSR count). The van der Waals surface area contributed by atoms with Crippen molar-refractivity contribution in [1.82, 2.24) is 15.5 Å². The molecule has 0 radical (unpaired) electrons. The average Bonchev–Trinajstić information content (AvgIpc) is 3.15. The fourth-order valence-corrected chi connectivity index (χ4v) is 3.11. The lowest BCUT2D eigenvalue weighted by atomic mass is 9.86. The van der Waals surface area contributed by atoms with E-state index < -0.39 is 6.04 Å². The van der Waals surface area contributed by atoms with Crippen molar-refractivity contribution < 1.29 is 14.1 Å². The Bertz CT molecular complexity index is 984. The van der Waals surface area contributed by atoms with Crippen LogP contribution in [0.25, 0.3) is 11.4 Å². The smallest absolute Gasteiger partial charge is 0.258 e. The van der Waals surface area contributed by atoms with Gasteiger partial charge in [-0.05, 0) is 23.6 Å². The van der Waals surface area contributed by atoms with Crippen LogP contribution in [0.15, 0.2) is 53.1 Å². The standard InChI is InChI=1S/C21H21Cl2N3O3/c1-21(2,3)18(20-25-19(26-29-20)13-7-5-4-6-8-13)24-17(27)12-28-16-10-9-14(22)11-15(16)23/h4-11,18H,12H2,1-3H3,(H,24,27). The fourth-order valence-electron chi connectivity index (χ4n) is 2.64. The van der Waals surface area contributed by atoms with Crippen LogP contribution in [0.4, 0.5) is 0 Å². The number of nitrogens with one attached hydrogen (secondary N) is 1. The van der Waals surface area contributed by atoms with Gasteiger partial charge in [-0.2, -0.15) is 4.98 Å². The van der Waals surface area contributed by atoms with Crippen molar-refractivity contribution in [2.75, 3.05) is 6.61 Å². The van der Waals surface area contributed by atoms with Crippen LogP contribution in [-0.2, 0) is 4.79 Å². The Balaban J connectivity index is 1.71. The Morgan fingerprint density at radius 2 is 1.90 bits per heavy atom. The summed E-state index contributed by atoms with van der Waals surface area (Å²) >= 11 is 11.9. The van der Waals surface area contributed by atoms with Crippen LogP contribution >= 0.6 is 23.2 Å². The number of aromatic nitrogens is 2. The number of amides is 1. The maximum absolute atomic E-state index is 12.5. The Morgan fingerprint density at radius 1 is 1.17 bits per heavy atom. The first-order chi connectivity index (χ1) is 13.7. The second-order valence-corrected chi connectivity index (χ2v) is 8.40. The SMILES string of the molecule is CC(C)(C)C(NC(=O)COc1ccc(Cl)cc1Cl)c1nc(-c2ccccc2)no1. The van der Waals surface area contributed by atoms with Gasteiger partial charge in [-0.1, -0.05) is 79.5 Å². The van der Waals surface area contributed by atoms with E-state index in [0.717, 1.165) is 5.56 Å². The van der Waals surface area contributed by atoms with Gasteiger partial charge in [0.15, 0.2) is 6.61 Å². The summed E-state index contributed by atoms with van der Waals surface area (Å²) in [7, 11) is 0. The second-order valence-electron chi connectivity index (χ2n) is 7.55. The summed E-state index contributed by atoms with van der Waals surface area (Å²) < 4.78 is 11.0. The molecule has 152 valence electrons. The molecule has 1 atom stereocenters. The molecular formula is C21H21Cl2N3O3. The molecule has 2 aromatic carbocycles. The van der Waals surface area contributed by atoms with Gasteiger partial charge < -0.3 is 14.6 Å². The van der Waals surface area contributed by atoms with Crippen molar-refractivity contribution in [3.63, 3.8) is 0 Å². The van der Waals surface area contributed by atoms with Gasteiger partial charge in [0.1, 0.15) is 11.8 Å². The number of rotatable bonds is 6. The predicted molar refractivity (Wildman–Crippen MR) is 112 cm³/mol. The third-order valence-electron chi connectivity index (χ3n) is 4.14. The van der Waals surface area contributed by atoms with Crippen LogP contribution in [0.2, 0.25) is 10.0 Å². The molecule has 29 heavy (non-hydrogen) atoms. The van der Waals surface area contributed by atoms with Crippen molar-refractivity contribution in [3.05, 3.63) is 64.5 Å². The number of benzene rings is 2. The third-order valence-corrected chi connectivity index (χ3v) is 4.68. The molecule has 3 aromatic rings. The summed E-state index contributed by atoms with van der Waals surface area (Å²) in [5.41, 5.74) is 0.468. The monoisotopic (exact) mass is 433 g/mol. The zero-order valence-corrected chi connectivity index (χ0v) is 17.8. The molecular weight excluding hydrogens is 413 g/mol. The molecule has 0 aliphatic carbocycles. The molecule has 0 aliphatic rings. The highest BCUT2D eigenvalue weighted by Crippen LogP contribution is 2.33. The molecule has 1 amide bonds. The summed E-state index contributed by atoms with van der Waals surface area (Å²) in [6.07, 6.45) is 0. The number of ether oxygens (including phenoxy) is 1. The zero-order valence-electron chi connectivity index (χ0n) is 16.3. The van der Waals surface area contributed by atoms with Gasteiger partial charge in [-0.25, -0.2) is 0 Å². The number of halogens is 2. The Hall–Kier alpha value is -2.57. The topological polar surface area (TPSA) is 77.2 Å². The number of carbonyl (C=O) groups excluding carboxylic acids is 1. The number of hydrogen-bond donors (Lipinski definition) is 1. The summed E-state index contributed by atoms with van der Waals surface area (Å²) in [4.78, 5) is 17.0. The van der Waals surface area contributed by atoms with E-state index in [9.17, 15) is 4.79 Å². The predicted octanol–water partition coefficient (Wildman–Crippen LogP) is 5.33. The molecule has 0 bridgehead atoms. The van der Waals surface area contributed by atoms with E-state index in [1.54, 1.807) is 18.2 Å². The quantitative estimate of drug-likeness (QED) is 0.568. The van der Waals surface area contributed by atoms with Crippen molar-refractivity contribution in [2.24, 2.45) is 5.41 Å². The molecule has 6 nitrogen and oxygen atoms in total. The Kier molecular flexibility index (Phi) is 6.45. The first kappa shape index (κ1) is 21.1. The largest absolute Gasteiger partial charge is 0.482 e. The van der Waals surface area contributed by atoms with E-state index in [-0.39, 0.29) is 17.9 Å². The molecule has 0 spiro atoms. The fraction of sp³-hybridized carbons (Fsp3) is 0.286. The minimum Gasteiger partial charge on any atom is -0.482 e. The van der Waals surface area contributed by atoms with Gasteiger partial charge in [0.25, 0.3) is 5.91 Å². The first-order valence-electron chi connectivity index (χ1n) is 9.00. The molecule has 1 unspecified atom stereocenters. The molecule has 0 aliphatic heterocycles. The third kappa shape index (κ3) is 5.49. The van der Waals surface area contributed by atoms with E-state index in [1.807, 2.05) is 51.1 Å². The molecule has 0 saturated heterocycles. The average molecular weight is 434 g/mol. The molecule has 8 heteroatoms. The van der Waals surface area contributed by atoms with Crippen molar-refractivity contribution >= 4 is 29.1 Å². The van der Waals surface area contributed by atoms with E-state index in [0.29, 0.717) is 27.5 Å². The van der Waals surface area contributed by atoms with Crippen molar-refractivity contribution in [2.45, 2.75) is 26.8 Å². The molecule has 0 saturated carbocycles. The lowest BCUT2D eigenvalue weighted by Gasteiger charge is -2.28. The molecule has 1 heterocycles. The molecule has 1 N–H and O–H groups in total. The van der Waals surface area contributed by atoms with Crippen LogP contribution < -0.4 is 10.1 Å². The van der Waals surface area contributed by atoms with Gasteiger partial charge >= 0.3 is 0 Å². The maximum atomic E-state index is 12.5. The van der Waals surface area contributed by atoms with Crippen LogP contribution in [0.3, 0.4) is 0 Å². The highest BCUT2D eigenvalue weighted by atomic mass is 35.5. The minimum absolute atomic E-state index is 0.215. The van der Waals surface area contributed by atoms with Gasteiger partial charge in [-0.3, -0.25) is 4.79 Å².